The van der Waals surface area contributed by atoms with E-state index in [9.17, 15) is 18.0 Å². The number of aromatic nitrogens is 2. The van der Waals surface area contributed by atoms with E-state index < -0.39 is 11.9 Å². The first kappa shape index (κ1) is 25.4. The quantitative estimate of drug-likeness (QED) is 0.459. The highest BCUT2D eigenvalue weighted by atomic mass is 35.5. The largest absolute Gasteiger partial charge is 0.573 e. The number of allylic oxidation sites excluding steroid dienone is 5. The van der Waals surface area contributed by atoms with Gasteiger partial charge >= 0.3 is 6.36 Å². The highest BCUT2D eigenvalue weighted by Crippen LogP contribution is 2.29. The fourth-order valence-corrected chi connectivity index (χ4v) is 4.73. The van der Waals surface area contributed by atoms with Gasteiger partial charge in [-0.25, -0.2) is 4.68 Å². The molecule has 0 spiro atoms. The number of aryl methyl sites for hydroxylation is 1. The van der Waals surface area contributed by atoms with Crippen LogP contribution in [0.5, 0.6) is 0 Å². The summed E-state index contributed by atoms with van der Waals surface area (Å²) in [7, 11) is 1.71. The lowest BCUT2D eigenvalue weighted by molar-refractivity contribution is -0.303. The smallest absolute Gasteiger partial charge is 0.406 e. The van der Waals surface area contributed by atoms with Crippen molar-refractivity contribution in [1.29, 1.82) is 0 Å². The highest BCUT2D eigenvalue weighted by Gasteiger charge is 2.31. The van der Waals surface area contributed by atoms with E-state index >= 15 is 0 Å². The van der Waals surface area contributed by atoms with Crippen molar-refractivity contribution in [2.75, 3.05) is 13.1 Å². The zero-order valence-electron chi connectivity index (χ0n) is 19.2. The number of nitrogens with zero attached hydrogens (tertiary/aromatic N) is 3. The molecule has 2 aromatic rings. The Balaban J connectivity index is 1.52. The summed E-state index contributed by atoms with van der Waals surface area (Å²) in [5.74, 6) is -0.330. The molecule has 1 aromatic carbocycles. The molecule has 1 aliphatic carbocycles. The molecule has 35 heavy (non-hydrogen) atoms. The summed E-state index contributed by atoms with van der Waals surface area (Å²) in [5, 5.41) is 0.789. The van der Waals surface area contributed by atoms with Crippen LogP contribution in [0.15, 0.2) is 59.1 Å². The van der Waals surface area contributed by atoms with Gasteiger partial charge in [-0.2, -0.15) is 0 Å². The zero-order chi connectivity index (χ0) is 25.3. The van der Waals surface area contributed by atoms with Crippen LogP contribution in [0, 0.1) is 6.92 Å². The molecule has 5 nitrogen and oxygen atoms in total. The summed E-state index contributed by atoms with van der Waals surface area (Å²) in [6, 6.07) is 5.86. The van der Waals surface area contributed by atoms with Crippen molar-refractivity contribution in [2.45, 2.75) is 32.7 Å². The predicted molar refractivity (Wildman–Crippen MR) is 132 cm³/mol. The summed E-state index contributed by atoms with van der Waals surface area (Å²) in [6.07, 6.45) is 3.92. The van der Waals surface area contributed by atoms with Crippen molar-refractivity contribution in [3.63, 3.8) is 0 Å². The Labute approximate surface area is 211 Å². The maximum atomic E-state index is 12.9. The van der Waals surface area contributed by atoms with Crippen LogP contribution in [0.2, 0.25) is 10.0 Å². The third-order valence-electron chi connectivity index (χ3n) is 6.08. The lowest BCUT2D eigenvalue weighted by Crippen LogP contribution is -2.29. The number of benzene rings is 1. The number of rotatable bonds is 5. The van der Waals surface area contributed by atoms with Gasteiger partial charge in [0.1, 0.15) is 10.8 Å². The number of ether oxygens (including phenoxy) is 1. The van der Waals surface area contributed by atoms with Crippen molar-refractivity contribution < 1.29 is 17.9 Å². The molecule has 0 fully saturated rings. The highest BCUT2D eigenvalue weighted by molar-refractivity contribution is 6.31. The van der Waals surface area contributed by atoms with Gasteiger partial charge < -0.3 is 4.74 Å². The normalized spacial score (nSPS) is 17.1. The van der Waals surface area contributed by atoms with E-state index in [0.717, 1.165) is 18.5 Å². The Morgan fingerprint density at radius 3 is 2.57 bits per heavy atom. The Bertz CT molecular complexity index is 1320. The van der Waals surface area contributed by atoms with Gasteiger partial charge in [0.25, 0.3) is 5.56 Å². The maximum absolute atomic E-state index is 12.9. The summed E-state index contributed by atoms with van der Waals surface area (Å²) in [5.41, 5.74) is 4.16. The van der Waals surface area contributed by atoms with Gasteiger partial charge in [0, 0.05) is 31.7 Å². The average molecular weight is 526 g/mol. The molecule has 0 N–H and O–H groups in total. The molecule has 2 aliphatic rings. The molecule has 186 valence electrons. The first-order valence-corrected chi connectivity index (χ1v) is 11.8. The molecule has 1 aromatic heterocycles. The van der Waals surface area contributed by atoms with Crippen molar-refractivity contribution in [2.24, 2.45) is 7.05 Å². The molecule has 1 aliphatic heterocycles. The van der Waals surface area contributed by atoms with Gasteiger partial charge in [-0.1, -0.05) is 41.4 Å². The second-order valence-corrected chi connectivity index (χ2v) is 9.24. The van der Waals surface area contributed by atoms with Crippen molar-refractivity contribution in [3.8, 4) is 0 Å². The summed E-state index contributed by atoms with van der Waals surface area (Å²) >= 11 is 12.6. The third kappa shape index (κ3) is 5.77. The molecule has 0 bridgehead atoms. The molecule has 4 rings (SSSR count). The minimum atomic E-state index is -4.78. The van der Waals surface area contributed by atoms with Gasteiger partial charge in [0.05, 0.1) is 11.4 Å². The van der Waals surface area contributed by atoms with Gasteiger partial charge in [-0.05, 0) is 66.8 Å². The van der Waals surface area contributed by atoms with Crippen LogP contribution in [0.25, 0.3) is 11.3 Å². The minimum absolute atomic E-state index is 0.0891. The Morgan fingerprint density at radius 1 is 1.11 bits per heavy atom. The van der Waals surface area contributed by atoms with E-state index in [2.05, 4.69) is 22.6 Å². The molecule has 0 saturated heterocycles. The van der Waals surface area contributed by atoms with Crippen LogP contribution in [-0.4, -0.2) is 33.7 Å². The molecule has 0 unspecified atom stereocenters. The van der Waals surface area contributed by atoms with Gasteiger partial charge in [-0.15, -0.1) is 13.2 Å². The van der Waals surface area contributed by atoms with E-state index in [1.54, 1.807) is 17.8 Å². The zero-order valence-corrected chi connectivity index (χ0v) is 20.7. The lowest BCUT2D eigenvalue weighted by Gasteiger charge is -2.27. The van der Waals surface area contributed by atoms with Crippen LogP contribution in [0.1, 0.15) is 29.7 Å². The summed E-state index contributed by atoms with van der Waals surface area (Å²) in [4.78, 5) is 15.1. The maximum Gasteiger partial charge on any atom is 0.573 e. The molecular weight excluding hydrogens is 502 g/mol. The second-order valence-electron chi connectivity index (χ2n) is 8.43. The number of hydrogen-bond donors (Lipinski definition) is 0. The fraction of sp³-hybridized carbons (Fsp3) is 0.320. The summed E-state index contributed by atoms with van der Waals surface area (Å²) < 4.78 is 44.7. The summed E-state index contributed by atoms with van der Waals surface area (Å²) in [6.45, 7) is 3.97. The molecule has 0 amide bonds. The van der Waals surface area contributed by atoms with Crippen molar-refractivity contribution in [1.82, 2.24) is 14.3 Å². The molecule has 2 heterocycles. The van der Waals surface area contributed by atoms with E-state index in [0.29, 0.717) is 29.5 Å². The van der Waals surface area contributed by atoms with Crippen LogP contribution in [0.4, 0.5) is 13.2 Å². The molecular formula is C25H24Cl2F3N3O2. The lowest BCUT2D eigenvalue weighted by atomic mass is 9.95. The first-order valence-electron chi connectivity index (χ1n) is 11.0. The van der Waals surface area contributed by atoms with Crippen LogP contribution < -0.4 is 5.56 Å². The topological polar surface area (TPSA) is 39.4 Å². The average Bonchev–Trinajstić information content (AvgIpc) is 2.94. The van der Waals surface area contributed by atoms with Gasteiger partial charge in [-0.3, -0.25) is 14.4 Å². The molecule has 0 radical (unpaired) electrons. The van der Waals surface area contributed by atoms with Gasteiger partial charge in [0.2, 0.25) is 0 Å². The molecule has 10 heteroatoms. The van der Waals surface area contributed by atoms with E-state index in [4.69, 9.17) is 23.2 Å². The van der Waals surface area contributed by atoms with E-state index in [-0.39, 0.29) is 17.2 Å². The van der Waals surface area contributed by atoms with Crippen molar-refractivity contribution >= 4 is 34.5 Å². The van der Waals surface area contributed by atoms with Gasteiger partial charge in [0.15, 0.2) is 0 Å². The molecule has 0 atom stereocenters. The van der Waals surface area contributed by atoms with Crippen LogP contribution >= 0.6 is 23.2 Å². The molecule has 0 saturated carbocycles. The van der Waals surface area contributed by atoms with Crippen molar-refractivity contribution in [3.05, 3.63) is 91.6 Å². The van der Waals surface area contributed by atoms with Crippen LogP contribution in [0.3, 0.4) is 0 Å². The third-order valence-corrected chi connectivity index (χ3v) is 6.69. The minimum Gasteiger partial charge on any atom is -0.406 e. The predicted octanol–water partition coefficient (Wildman–Crippen LogP) is 6.31. The van der Waals surface area contributed by atoms with Crippen LogP contribution in [-0.2, 0) is 18.3 Å². The number of halogens is 5. The number of hydrogen-bond acceptors (Lipinski definition) is 3. The number of alkyl halides is 3. The Morgan fingerprint density at radius 2 is 1.89 bits per heavy atom. The Hall–Kier alpha value is -2.68. The fourth-order valence-electron chi connectivity index (χ4n) is 4.29. The van der Waals surface area contributed by atoms with E-state index in [1.165, 1.54) is 34.0 Å². The Kier molecular flexibility index (Phi) is 7.35. The second kappa shape index (κ2) is 10.1. The monoisotopic (exact) mass is 525 g/mol. The SMILES string of the molecule is Cc1ccc(Cl)cc1C1=CCN(Cc2c(Cl)c(=O)n(C3=CCC=C(OC(F)(F)F)C=C3)n2C)CC1. The standard InChI is InChI=1S/C25H24Cl2F3N3O2/c1-16-6-7-18(26)14-21(16)17-10-12-32(13-11-17)15-22-23(27)24(34)33(31(22)2)19-4-3-5-20(9-8-19)35-25(28,29)30/h4-10,14H,3,11-13,15H2,1-2H3. The first-order chi connectivity index (χ1) is 16.5. The van der Waals surface area contributed by atoms with E-state index in [1.807, 2.05) is 18.2 Å².